The van der Waals surface area contributed by atoms with E-state index in [4.69, 9.17) is 5.73 Å². The third kappa shape index (κ3) is 4.33. The Hall–Kier alpha value is -1.95. The number of hydrogen-bond acceptors (Lipinski definition) is 4. The molecule has 0 aliphatic rings. The molecular weight excluding hydrogens is 251 g/mol. The van der Waals surface area contributed by atoms with E-state index in [0.717, 1.165) is 0 Å². The van der Waals surface area contributed by atoms with Gasteiger partial charge >= 0.3 is 5.97 Å². The Kier molecular flexibility index (Phi) is 5.44. The van der Waals surface area contributed by atoms with Gasteiger partial charge in [0, 0.05) is 12.6 Å². The third-order valence-electron chi connectivity index (χ3n) is 2.44. The zero-order valence-corrected chi connectivity index (χ0v) is 10.9. The first-order chi connectivity index (χ1) is 8.95. The Bertz CT molecular complexity index is 448. The van der Waals surface area contributed by atoms with Crippen LogP contribution in [0.2, 0.25) is 0 Å². The molecule has 0 aliphatic heterocycles. The lowest BCUT2D eigenvalue weighted by Gasteiger charge is -2.16. The van der Waals surface area contributed by atoms with Gasteiger partial charge in [-0.05, 0) is 24.6 Å². The van der Waals surface area contributed by atoms with Crippen molar-refractivity contribution in [3.05, 3.63) is 29.8 Å². The Morgan fingerprint density at radius 2 is 1.95 bits per heavy atom. The molecule has 0 aromatic heterocycles. The number of rotatable bonds is 5. The first-order valence-corrected chi connectivity index (χ1v) is 5.89. The van der Waals surface area contributed by atoms with Gasteiger partial charge in [-0.25, -0.2) is 9.18 Å². The van der Waals surface area contributed by atoms with Crippen LogP contribution in [0.5, 0.6) is 0 Å². The molecular formula is C13H17FN2O3. The molecule has 1 rings (SSSR count). The Balaban J connectivity index is 2.74. The molecule has 2 atom stereocenters. The molecule has 104 valence electrons. The van der Waals surface area contributed by atoms with Gasteiger partial charge in [0.2, 0.25) is 12.1 Å². The van der Waals surface area contributed by atoms with Gasteiger partial charge in [0.1, 0.15) is 0 Å². The Morgan fingerprint density at radius 3 is 2.42 bits per heavy atom. The van der Waals surface area contributed by atoms with Gasteiger partial charge in [0.25, 0.3) is 0 Å². The van der Waals surface area contributed by atoms with Crippen molar-refractivity contribution < 1.29 is 18.7 Å². The summed E-state index contributed by atoms with van der Waals surface area (Å²) in [5.74, 6) is -1.17. The Morgan fingerprint density at radius 1 is 1.37 bits per heavy atom. The topological polar surface area (TPSA) is 81.4 Å². The second-order valence-electron chi connectivity index (χ2n) is 3.98. The van der Waals surface area contributed by atoms with E-state index in [1.807, 2.05) is 0 Å². The van der Waals surface area contributed by atoms with Crippen LogP contribution >= 0.6 is 0 Å². The molecule has 0 aliphatic carbocycles. The van der Waals surface area contributed by atoms with Crippen LogP contribution in [-0.2, 0) is 14.3 Å². The minimum atomic E-state index is -1.91. The summed E-state index contributed by atoms with van der Waals surface area (Å²) >= 11 is 0. The summed E-state index contributed by atoms with van der Waals surface area (Å²) in [5.41, 5.74) is 6.69. The van der Waals surface area contributed by atoms with Gasteiger partial charge in [-0.3, -0.25) is 4.79 Å². The number of esters is 1. The first-order valence-electron chi connectivity index (χ1n) is 5.89. The fourth-order valence-electron chi connectivity index (χ4n) is 1.53. The molecule has 3 N–H and O–H groups in total. The van der Waals surface area contributed by atoms with E-state index < -0.39 is 18.2 Å². The normalized spacial score (nSPS) is 13.5. The number of alkyl halides is 1. The summed E-state index contributed by atoms with van der Waals surface area (Å²) in [6.45, 7) is 3.09. The molecule has 0 spiro atoms. The van der Waals surface area contributed by atoms with E-state index >= 15 is 0 Å². The van der Waals surface area contributed by atoms with E-state index in [1.165, 1.54) is 6.92 Å². The average molecular weight is 268 g/mol. The number of carbonyl (C=O) groups is 2. The van der Waals surface area contributed by atoms with E-state index in [2.05, 4.69) is 10.1 Å². The zero-order valence-electron chi connectivity index (χ0n) is 10.9. The number of benzene rings is 1. The van der Waals surface area contributed by atoms with E-state index in [0.29, 0.717) is 11.3 Å². The Labute approximate surface area is 110 Å². The fraction of sp³-hybridized carbons (Fsp3) is 0.385. The lowest BCUT2D eigenvalue weighted by Crippen LogP contribution is -2.31. The van der Waals surface area contributed by atoms with Crippen LogP contribution in [0.15, 0.2) is 24.3 Å². The van der Waals surface area contributed by atoms with Crippen molar-refractivity contribution >= 4 is 17.6 Å². The van der Waals surface area contributed by atoms with Crippen molar-refractivity contribution in [2.24, 2.45) is 5.73 Å². The van der Waals surface area contributed by atoms with Gasteiger partial charge in [-0.2, -0.15) is 0 Å². The monoisotopic (exact) mass is 268 g/mol. The van der Waals surface area contributed by atoms with Crippen LogP contribution in [0.1, 0.15) is 25.5 Å². The van der Waals surface area contributed by atoms with Crippen LogP contribution in [0.3, 0.4) is 0 Å². The van der Waals surface area contributed by atoms with Crippen molar-refractivity contribution in [1.82, 2.24) is 0 Å². The van der Waals surface area contributed by atoms with Crippen LogP contribution < -0.4 is 11.1 Å². The minimum absolute atomic E-state index is 0.105. The van der Waals surface area contributed by atoms with Crippen LogP contribution in [0.4, 0.5) is 10.1 Å². The summed E-state index contributed by atoms with van der Waals surface area (Å²) < 4.78 is 18.3. The van der Waals surface area contributed by atoms with Gasteiger partial charge in [0.05, 0.1) is 12.6 Å². The van der Waals surface area contributed by atoms with Crippen LogP contribution in [-0.4, -0.2) is 24.7 Å². The average Bonchev–Trinajstić information content (AvgIpc) is 2.37. The van der Waals surface area contributed by atoms with E-state index in [9.17, 15) is 14.0 Å². The molecule has 1 amide bonds. The predicted octanol–water partition coefficient (Wildman–Crippen LogP) is 1.55. The van der Waals surface area contributed by atoms with Crippen LogP contribution in [0.25, 0.3) is 0 Å². The molecule has 5 nitrogen and oxygen atoms in total. The van der Waals surface area contributed by atoms with Crippen molar-refractivity contribution in [1.29, 1.82) is 0 Å². The molecule has 6 heteroatoms. The maximum absolute atomic E-state index is 13.7. The second kappa shape index (κ2) is 6.84. The number of carbonyl (C=O) groups excluding carboxylic acids is 2. The number of ether oxygens (including phenoxy) is 1. The predicted molar refractivity (Wildman–Crippen MR) is 69.2 cm³/mol. The molecule has 0 bridgehead atoms. The lowest BCUT2D eigenvalue weighted by molar-refractivity contribution is -0.149. The smallest absolute Gasteiger partial charge is 0.342 e. The number of halogens is 1. The second-order valence-corrected chi connectivity index (χ2v) is 3.98. The maximum Gasteiger partial charge on any atom is 0.342 e. The number of anilines is 1. The highest BCUT2D eigenvalue weighted by atomic mass is 19.1. The molecule has 0 fully saturated rings. The van der Waals surface area contributed by atoms with Gasteiger partial charge in [0.15, 0.2) is 0 Å². The number of hydrogen-bond donors (Lipinski definition) is 2. The maximum atomic E-state index is 13.7. The summed E-state index contributed by atoms with van der Waals surface area (Å²) in [6, 6.07) is 5.21. The molecule has 0 saturated carbocycles. The lowest BCUT2D eigenvalue weighted by atomic mass is 10.0. The third-order valence-corrected chi connectivity index (χ3v) is 2.44. The van der Waals surface area contributed by atoms with Crippen molar-refractivity contribution in [2.75, 3.05) is 11.9 Å². The van der Waals surface area contributed by atoms with Crippen LogP contribution in [0, 0.1) is 0 Å². The number of amides is 1. The highest BCUT2D eigenvalue weighted by Crippen LogP contribution is 2.20. The quantitative estimate of drug-likeness (QED) is 0.794. The SMILES string of the molecule is CCOC(=O)C(F)[C@H](N)c1ccc(NC(C)=O)cc1. The van der Waals surface area contributed by atoms with E-state index in [1.54, 1.807) is 31.2 Å². The highest BCUT2D eigenvalue weighted by Gasteiger charge is 2.27. The first kappa shape index (κ1) is 15.1. The fourth-order valence-corrected chi connectivity index (χ4v) is 1.53. The van der Waals surface area contributed by atoms with Crippen molar-refractivity contribution in [2.45, 2.75) is 26.1 Å². The zero-order chi connectivity index (χ0) is 14.4. The minimum Gasteiger partial charge on any atom is -0.464 e. The van der Waals surface area contributed by atoms with E-state index in [-0.39, 0.29) is 12.5 Å². The molecule has 0 heterocycles. The van der Waals surface area contributed by atoms with Gasteiger partial charge in [-0.15, -0.1) is 0 Å². The standard InChI is InChI=1S/C13H17FN2O3/c1-3-19-13(18)11(14)12(15)9-4-6-10(7-5-9)16-8(2)17/h4-7,11-12H,3,15H2,1-2H3,(H,16,17)/t11?,12-/m1/s1. The molecule has 19 heavy (non-hydrogen) atoms. The highest BCUT2D eigenvalue weighted by molar-refractivity contribution is 5.88. The molecule has 1 aromatic carbocycles. The summed E-state index contributed by atoms with van der Waals surface area (Å²) in [4.78, 5) is 22.1. The number of nitrogens with one attached hydrogen (secondary N) is 1. The molecule has 0 radical (unpaired) electrons. The van der Waals surface area contributed by atoms with Crippen molar-refractivity contribution in [3.63, 3.8) is 0 Å². The number of nitrogens with two attached hydrogens (primary N) is 1. The van der Waals surface area contributed by atoms with Gasteiger partial charge in [-0.1, -0.05) is 12.1 Å². The summed E-state index contributed by atoms with van der Waals surface area (Å²) in [5, 5.41) is 2.58. The molecule has 1 unspecified atom stereocenters. The molecule has 1 aromatic rings. The molecule has 0 saturated heterocycles. The largest absolute Gasteiger partial charge is 0.464 e. The van der Waals surface area contributed by atoms with Crippen molar-refractivity contribution in [3.8, 4) is 0 Å². The summed E-state index contributed by atoms with van der Waals surface area (Å²) in [6.07, 6.45) is -1.91. The van der Waals surface area contributed by atoms with Gasteiger partial charge < -0.3 is 15.8 Å². The summed E-state index contributed by atoms with van der Waals surface area (Å²) in [7, 11) is 0.